The smallest absolute Gasteiger partial charge is 0.465 e. The molecule has 0 spiro atoms. The number of nitrogens with one attached hydrogen (secondary N) is 2. The van der Waals surface area contributed by atoms with Gasteiger partial charge in [-0.05, 0) is 26.2 Å². The van der Waals surface area contributed by atoms with E-state index in [1.54, 1.807) is 24.4 Å². The van der Waals surface area contributed by atoms with Crippen LogP contribution >= 0.6 is 0 Å². The average Bonchev–Trinajstić information content (AvgIpc) is 3.13. The van der Waals surface area contributed by atoms with E-state index in [-0.39, 0.29) is 32.5 Å². The number of esters is 1. The van der Waals surface area contributed by atoms with Gasteiger partial charge in [-0.25, -0.2) is 0 Å². The number of allylic oxidation sites excluding steroid dienone is 1. The lowest BCUT2D eigenvalue weighted by Gasteiger charge is -2.29. The lowest BCUT2D eigenvalue weighted by Crippen LogP contribution is -2.55. The van der Waals surface area contributed by atoms with E-state index in [2.05, 4.69) is 5.32 Å². The van der Waals surface area contributed by atoms with Gasteiger partial charge < -0.3 is 25.4 Å². The third kappa shape index (κ3) is 7.72. The summed E-state index contributed by atoms with van der Waals surface area (Å²) in [7, 11) is 0. The molecule has 4 atom stereocenters. The molecule has 186 valence electrons. The van der Waals surface area contributed by atoms with Gasteiger partial charge in [-0.2, -0.15) is 13.2 Å². The molecule has 2 aliphatic rings. The zero-order valence-electron chi connectivity index (χ0n) is 18.4. The number of amides is 3. The molecule has 3 N–H and O–H groups in total. The fourth-order valence-electron chi connectivity index (χ4n) is 3.86. The largest absolute Gasteiger partial charge is 0.471 e. The van der Waals surface area contributed by atoms with Gasteiger partial charge in [0.25, 0.3) is 0 Å². The monoisotopic (exact) mass is 477 g/mol. The van der Waals surface area contributed by atoms with E-state index in [0.29, 0.717) is 25.7 Å². The number of hydrogen-bond donors (Lipinski definition) is 3. The van der Waals surface area contributed by atoms with Gasteiger partial charge in [0, 0.05) is 19.5 Å². The second-order valence-corrected chi connectivity index (χ2v) is 8.09. The highest BCUT2D eigenvalue weighted by molar-refractivity contribution is 5.93. The first-order chi connectivity index (χ1) is 15.5. The molecule has 12 heteroatoms. The minimum Gasteiger partial charge on any atom is -0.465 e. The van der Waals surface area contributed by atoms with Crippen LogP contribution in [0.4, 0.5) is 13.2 Å². The highest BCUT2D eigenvalue weighted by Gasteiger charge is 2.44. The van der Waals surface area contributed by atoms with E-state index in [1.807, 2.05) is 0 Å². The molecule has 0 unspecified atom stereocenters. The first-order valence-corrected chi connectivity index (χ1v) is 11.0. The van der Waals surface area contributed by atoms with Crippen LogP contribution in [-0.4, -0.2) is 77.8 Å². The van der Waals surface area contributed by atoms with Gasteiger partial charge in [0.2, 0.25) is 11.8 Å². The van der Waals surface area contributed by atoms with Gasteiger partial charge >= 0.3 is 18.1 Å². The van der Waals surface area contributed by atoms with Gasteiger partial charge in [-0.15, -0.1) is 0 Å². The van der Waals surface area contributed by atoms with Gasteiger partial charge in [0.15, 0.2) is 0 Å². The quantitative estimate of drug-likeness (QED) is 0.408. The predicted molar refractivity (Wildman–Crippen MR) is 109 cm³/mol. The SMILES string of the molecule is CCOC(=O)[C@@H]1/C=C\CCCCC[C@H](NC(=O)C(F)(F)F)C(=O)N2C[C@H](O)C[C@H]2C(=O)NC1. The number of hydrogen-bond acceptors (Lipinski definition) is 6. The van der Waals surface area contributed by atoms with Crippen molar-refractivity contribution in [2.24, 2.45) is 5.92 Å². The van der Waals surface area contributed by atoms with E-state index in [0.717, 1.165) is 4.90 Å². The number of aliphatic hydroxyl groups excluding tert-OH is 1. The number of alkyl halides is 3. The second-order valence-electron chi connectivity index (χ2n) is 8.09. The molecule has 33 heavy (non-hydrogen) atoms. The molecule has 0 radical (unpaired) electrons. The number of fused-ring (bicyclic) bond motifs is 1. The number of ether oxygens (including phenoxy) is 1. The summed E-state index contributed by atoms with van der Waals surface area (Å²) in [5.74, 6) is -5.02. The van der Waals surface area contributed by atoms with Crippen molar-refractivity contribution in [2.75, 3.05) is 19.7 Å². The highest BCUT2D eigenvalue weighted by atomic mass is 19.4. The topological polar surface area (TPSA) is 125 Å². The number of halogens is 3. The molecule has 2 aliphatic heterocycles. The Hall–Kier alpha value is -2.63. The average molecular weight is 477 g/mol. The van der Waals surface area contributed by atoms with Crippen LogP contribution in [0.25, 0.3) is 0 Å². The Morgan fingerprint density at radius 1 is 1.27 bits per heavy atom. The van der Waals surface area contributed by atoms with Crippen molar-refractivity contribution in [3.63, 3.8) is 0 Å². The van der Waals surface area contributed by atoms with E-state index >= 15 is 0 Å². The van der Waals surface area contributed by atoms with Crippen LogP contribution in [0.15, 0.2) is 12.2 Å². The lowest BCUT2D eigenvalue weighted by molar-refractivity contribution is -0.175. The van der Waals surface area contributed by atoms with Crippen molar-refractivity contribution < 1.29 is 42.2 Å². The predicted octanol–water partition coefficient (Wildman–Crippen LogP) is 0.811. The third-order valence-electron chi connectivity index (χ3n) is 5.54. The van der Waals surface area contributed by atoms with Crippen LogP contribution < -0.4 is 10.6 Å². The summed E-state index contributed by atoms with van der Waals surface area (Å²) in [5, 5.41) is 14.3. The van der Waals surface area contributed by atoms with Crippen molar-refractivity contribution in [3.8, 4) is 0 Å². The molecule has 2 heterocycles. The summed E-state index contributed by atoms with van der Waals surface area (Å²) < 4.78 is 43.4. The van der Waals surface area contributed by atoms with Crippen molar-refractivity contribution in [2.45, 2.75) is 69.8 Å². The first-order valence-electron chi connectivity index (χ1n) is 11.0. The van der Waals surface area contributed by atoms with Gasteiger partial charge in [-0.3, -0.25) is 19.2 Å². The van der Waals surface area contributed by atoms with Crippen molar-refractivity contribution >= 4 is 23.7 Å². The zero-order valence-corrected chi connectivity index (χ0v) is 18.4. The molecule has 0 aromatic rings. The Morgan fingerprint density at radius 2 is 2.00 bits per heavy atom. The molecule has 0 aliphatic carbocycles. The maximum Gasteiger partial charge on any atom is 0.471 e. The molecule has 9 nitrogen and oxygen atoms in total. The van der Waals surface area contributed by atoms with Crippen LogP contribution in [-0.2, 0) is 23.9 Å². The van der Waals surface area contributed by atoms with Crippen LogP contribution in [0.2, 0.25) is 0 Å². The highest BCUT2D eigenvalue weighted by Crippen LogP contribution is 2.22. The van der Waals surface area contributed by atoms with E-state index in [9.17, 15) is 37.5 Å². The van der Waals surface area contributed by atoms with Gasteiger partial charge in [0.05, 0.1) is 18.6 Å². The standard InChI is InChI=1S/C21H30F3N3O6/c1-2-33-19(31)13-8-6-4-3-5-7-9-15(26-20(32)21(22,23)24)18(30)27-12-14(28)10-16(27)17(29)25-11-13/h6,8,13-16,28H,2-5,7,9-12H2,1H3,(H,25,29)(H,26,32)/b8-6-/t13-,14-,15+,16+/m1/s1. The summed E-state index contributed by atoms with van der Waals surface area (Å²) in [5.41, 5.74) is 0. The molecule has 1 saturated heterocycles. The Labute approximate surface area is 189 Å². The van der Waals surface area contributed by atoms with Crippen molar-refractivity contribution in [1.29, 1.82) is 0 Å². The Kier molecular flexibility index (Phi) is 9.69. The van der Waals surface area contributed by atoms with E-state index in [4.69, 9.17) is 4.74 Å². The summed E-state index contributed by atoms with van der Waals surface area (Å²) in [6, 6.07) is -2.62. The minimum absolute atomic E-state index is 0.0449. The Bertz CT molecular complexity index is 758. The summed E-state index contributed by atoms with van der Waals surface area (Å²) >= 11 is 0. The Balaban J connectivity index is 2.24. The summed E-state index contributed by atoms with van der Waals surface area (Å²) in [6.07, 6.45) is -0.803. The van der Waals surface area contributed by atoms with E-state index in [1.165, 1.54) is 0 Å². The number of nitrogens with zero attached hydrogens (tertiary/aromatic N) is 1. The molecule has 0 aromatic carbocycles. The van der Waals surface area contributed by atoms with Gasteiger partial charge in [-0.1, -0.05) is 25.0 Å². The molecule has 3 amide bonds. The second kappa shape index (κ2) is 12.0. The number of carbonyl (C=O) groups is 4. The number of rotatable bonds is 3. The first kappa shape index (κ1) is 26.6. The maximum absolute atomic E-state index is 13.0. The summed E-state index contributed by atoms with van der Waals surface area (Å²) in [4.78, 5) is 50.5. The van der Waals surface area contributed by atoms with Crippen LogP contribution in [0.5, 0.6) is 0 Å². The third-order valence-corrected chi connectivity index (χ3v) is 5.54. The minimum atomic E-state index is -5.16. The molecule has 2 rings (SSSR count). The lowest BCUT2D eigenvalue weighted by atomic mass is 10.0. The number of carbonyl (C=O) groups excluding carboxylic acids is 4. The van der Waals surface area contributed by atoms with Crippen molar-refractivity contribution in [1.82, 2.24) is 15.5 Å². The molecular formula is C21H30F3N3O6. The Morgan fingerprint density at radius 3 is 2.67 bits per heavy atom. The molecular weight excluding hydrogens is 447 g/mol. The fraction of sp³-hybridized carbons (Fsp3) is 0.714. The molecule has 0 bridgehead atoms. The van der Waals surface area contributed by atoms with Crippen LogP contribution in [0, 0.1) is 5.92 Å². The van der Waals surface area contributed by atoms with Crippen molar-refractivity contribution in [3.05, 3.63) is 12.2 Å². The number of aliphatic hydroxyl groups is 1. The molecule has 0 saturated carbocycles. The zero-order chi connectivity index (χ0) is 24.6. The van der Waals surface area contributed by atoms with Crippen LogP contribution in [0.1, 0.15) is 45.4 Å². The van der Waals surface area contributed by atoms with E-state index < -0.39 is 54.0 Å². The summed E-state index contributed by atoms with van der Waals surface area (Å²) in [6.45, 7) is 1.47. The maximum atomic E-state index is 13.0. The normalized spacial score (nSPS) is 28.7. The molecule has 0 aromatic heterocycles. The molecule has 1 fully saturated rings. The van der Waals surface area contributed by atoms with Gasteiger partial charge in [0.1, 0.15) is 12.1 Å². The fourth-order valence-corrected chi connectivity index (χ4v) is 3.86. The van der Waals surface area contributed by atoms with Crippen LogP contribution in [0.3, 0.4) is 0 Å².